The van der Waals surface area contributed by atoms with E-state index < -0.39 is 0 Å². The second-order valence-electron chi connectivity index (χ2n) is 8.09. The van der Waals surface area contributed by atoms with Gasteiger partial charge >= 0.3 is 0 Å². The summed E-state index contributed by atoms with van der Waals surface area (Å²) in [5, 5.41) is 9.79. The fraction of sp³-hybridized carbons (Fsp3) is 0.440. The molecule has 31 heavy (non-hydrogen) atoms. The fourth-order valence-corrected chi connectivity index (χ4v) is 3.95. The highest BCUT2D eigenvalue weighted by Gasteiger charge is 2.29. The van der Waals surface area contributed by atoms with Crippen molar-refractivity contribution >= 4 is 11.9 Å². The second kappa shape index (κ2) is 11.5. The SMILES string of the molecule is CCNC(=O)c1ccc(CN=C(NCC)NC2CC(C)N(Cc3ccccc3)C2)cc1. The topological polar surface area (TPSA) is 68.8 Å². The Morgan fingerprint density at radius 2 is 1.71 bits per heavy atom. The molecular formula is C25H35N5O. The minimum Gasteiger partial charge on any atom is -0.357 e. The van der Waals surface area contributed by atoms with E-state index in [1.54, 1.807) is 0 Å². The van der Waals surface area contributed by atoms with Crippen LogP contribution in [-0.2, 0) is 13.1 Å². The second-order valence-corrected chi connectivity index (χ2v) is 8.09. The first kappa shape index (κ1) is 22.8. The van der Waals surface area contributed by atoms with Crippen LogP contribution in [-0.4, -0.2) is 48.5 Å². The van der Waals surface area contributed by atoms with Gasteiger partial charge in [0.05, 0.1) is 6.54 Å². The minimum absolute atomic E-state index is 0.0389. The maximum absolute atomic E-state index is 11.9. The average molecular weight is 422 g/mol. The normalized spacial score (nSPS) is 19.3. The third kappa shape index (κ3) is 6.82. The van der Waals surface area contributed by atoms with E-state index in [1.165, 1.54) is 5.56 Å². The molecule has 0 saturated carbocycles. The first-order valence-electron chi connectivity index (χ1n) is 11.3. The molecule has 2 unspecified atom stereocenters. The highest BCUT2D eigenvalue weighted by molar-refractivity contribution is 5.94. The molecule has 1 aliphatic rings. The summed E-state index contributed by atoms with van der Waals surface area (Å²) < 4.78 is 0. The molecule has 1 amide bonds. The number of aliphatic imine (C=N–C) groups is 1. The van der Waals surface area contributed by atoms with Crippen LogP contribution < -0.4 is 16.0 Å². The molecule has 3 rings (SSSR count). The van der Waals surface area contributed by atoms with Crippen molar-refractivity contribution in [1.29, 1.82) is 0 Å². The lowest BCUT2D eigenvalue weighted by Gasteiger charge is -2.21. The molecule has 2 aromatic rings. The first-order valence-corrected chi connectivity index (χ1v) is 11.3. The molecule has 0 radical (unpaired) electrons. The van der Waals surface area contributed by atoms with Crippen LogP contribution in [0.15, 0.2) is 59.6 Å². The van der Waals surface area contributed by atoms with E-state index in [-0.39, 0.29) is 5.91 Å². The van der Waals surface area contributed by atoms with Crippen molar-refractivity contribution in [3.63, 3.8) is 0 Å². The van der Waals surface area contributed by atoms with Gasteiger partial charge in [0.2, 0.25) is 0 Å². The number of rotatable bonds is 8. The first-order chi connectivity index (χ1) is 15.1. The van der Waals surface area contributed by atoms with Crippen molar-refractivity contribution in [1.82, 2.24) is 20.9 Å². The predicted molar refractivity (Wildman–Crippen MR) is 127 cm³/mol. The van der Waals surface area contributed by atoms with Crippen molar-refractivity contribution in [2.24, 2.45) is 4.99 Å². The summed E-state index contributed by atoms with van der Waals surface area (Å²) in [6, 6.07) is 19.2. The van der Waals surface area contributed by atoms with Gasteiger partial charge in [0.25, 0.3) is 5.91 Å². The lowest BCUT2D eigenvalue weighted by atomic mass is 10.1. The molecule has 2 aromatic carbocycles. The van der Waals surface area contributed by atoms with Gasteiger partial charge in [0.15, 0.2) is 5.96 Å². The van der Waals surface area contributed by atoms with Crippen molar-refractivity contribution in [3.8, 4) is 0 Å². The number of likely N-dealkylation sites (tertiary alicyclic amines) is 1. The van der Waals surface area contributed by atoms with Crippen LogP contribution in [0.2, 0.25) is 0 Å². The molecule has 0 spiro atoms. The summed E-state index contributed by atoms with van der Waals surface area (Å²) in [4.78, 5) is 19.2. The lowest BCUT2D eigenvalue weighted by molar-refractivity contribution is 0.0956. The average Bonchev–Trinajstić information content (AvgIpc) is 3.12. The third-order valence-corrected chi connectivity index (χ3v) is 5.59. The van der Waals surface area contributed by atoms with Crippen molar-refractivity contribution in [2.75, 3.05) is 19.6 Å². The zero-order valence-electron chi connectivity index (χ0n) is 18.9. The van der Waals surface area contributed by atoms with Gasteiger partial charge in [0.1, 0.15) is 0 Å². The maximum atomic E-state index is 11.9. The van der Waals surface area contributed by atoms with Gasteiger partial charge in [0, 0.05) is 43.8 Å². The lowest BCUT2D eigenvalue weighted by Crippen LogP contribution is -2.44. The summed E-state index contributed by atoms with van der Waals surface area (Å²) >= 11 is 0. The number of hydrogen-bond acceptors (Lipinski definition) is 3. The Hall–Kier alpha value is -2.86. The molecule has 3 N–H and O–H groups in total. The molecule has 0 aliphatic carbocycles. The molecule has 6 heteroatoms. The van der Waals surface area contributed by atoms with Crippen LogP contribution >= 0.6 is 0 Å². The molecule has 6 nitrogen and oxygen atoms in total. The highest BCUT2D eigenvalue weighted by Crippen LogP contribution is 2.20. The van der Waals surface area contributed by atoms with E-state index in [2.05, 4.69) is 65.0 Å². The van der Waals surface area contributed by atoms with Gasteiger partial charge < -0.3 is 16.0 Å². The Balaban J connectivity index is 1.56. The summed E-state index contributed by atoms with van der Waals surface area (Å²) in [6.07, 6.45) is 1.10. The molecular weight excluding hydrogens is 386 g/mol. The van der Waals surface area contributed by atoms with Crippen LogP contribution in [0.25, 0.3) is 0 Å². The van der Waals surface area contributed by atoms with Gasteiger partial charge in [-0.2, -0.15) is 0 Å². The molecule has 0 aromatic heterocycles. The van der Waals surface area contributed by atoms with E-state index in [1.807, 2.05) is 31.2 Å². The Morgan fingerprint density at radius 1 is 1.00 bits per heavy atom. The van der Waals surface area contributed by atoms with Crippen molar-refractivity contribution in [3.05, 3.63) is 71.3 Å². The smallest absolute Gasteiger partial charge is 0.251 e. The number of amides is 1. The van der Waals surface area contributed by atoms with Gasteiger partial charge in [-0.1, -0.05) is 42.5 Å². The molecule has 166 valence electrons. The third-order valence-electron chi connectivity index (χ3n) is 5.59. The summed E-state index contributed by atoms with van der Waals surface area (Å²) in [5.74, 6) is 0.803. The predicted octanol–water partition coefficient (Wildman–Crippen LogP) is 3.15. The Kier molecular flexibility index (Phi) is 8.47. The van der Waals surface area contributed by atoms with Gasteiger partial charge in [-0.05, 0) is 50.5 Å². The number of hydrogen-bond donors (Lipinski definition) is 3. The molecule has 1 saturated heterocycles. The van der Waals surface area contributed by atoms with Crippen LogP contribution in [0.3, 0.4) is 0 Å². The van der Waals surface area contributed by atoms with E-state index in [0.29, 0.717) is 30.7 Å². The Labute approximate surface area is 186 Å². The molecule has 1 heterocycles. The Bertz CT molecular complexity index is 850. The quantitative estimate of drug-likeness (QED) is 0.452. The van der Waals surface area contributed by atoms with Crippen LogP contribution in [0.5, 0.6) is 0 Å². The van der Waals surface area contributed by atoms with Gasteiger partial charge in [-0.3, -0.25) is 9.69 Å². The summed E-state index contributed by atoms with van der Waals surface area (Å²) in [5.41, 5.74) is 3.11. The van der Waals surface area contributed by atoms with E-state index in [9.17, 15) is 4.79 Å². The monoisotopic (exact) mass is 421 g/mol. The number of nitrogens with one attached hydrogen (secondary N) is 3. The Morgan fingerprint density at radius 3 is 2.39 bits per heavy atom. The molecule has 1 fully saturated rings. The number of benzene rings is 2. The van der Waals surface area contributed by atoms with Crippen molar-refractivity contribution in [2.45, 2.75) is 52.4 Å². The standard InChI is InChI=1S/C25H35N5O/c1-4-26-24(31)22-13-11-20(12-14-22)16-28-25(27-5-2)29-23-15-19(3)30(18-23)17-21-9-7-6-8-10-21/h6-14,19,23H,4-5,15-18H2,1-3H3,(H,26,31)(H2,27,28,29). The molecule has 0 bridgehead atoms. The number of carbonyl (C=O) groups excluding carboxylic acids is 1. The van der Waals surface area contributed by atoms with Gasteiger partial charge in [-0.15, -0.1) is 0 Å². The number of carbonyl (C=O) groups is 1. The number of nitrogens with zero attached hydrogens (tertiary/aromatic N) is 2. The fourth-order valence-electron chi connectivity index (χ4n) is 3.95. The molecule has 1 aliphatic heterocycles. The van der Waals surface area contributed by atoms with Crippen LogP contribution in [0.4, 0.5) is 0 Å². The van der Waals surface area contributed by atoms with E-state index in [4.69, 9.17) is 4.99 Å². The summed E-state index contributed by atoms with van der Waals surface area (Å²) in [7, 11) is 0. The highest BCUT2D eigenvalue weighted by atomic mass is 16.1. The molecule has 2 atom stereocenters. The zero-order chi connectivity index (χ0) is 22.1. The van der Waals surface area contributed by atoms with Crippen LogP contribution in [0, 0.1) is 0 Å². The number of guanidine groups is 1. The van der Waals surface area contributed by atoms with Crippen LogP contribution in [0.1, 0.15) is 48.7 Å². The summed E-state index contributed by atoms with van der Waals surface area (Å²) in [6.45, 7) is 10.3. The van der Waals surface area contributed by atoms with Gasteiger partial charge in [-0.25, -0.2) is 4.99 Å². The largest absolute Gasteiger partial charge is 0.357 e. The zero-order valence-corrected chi connectivity index (χ0v) is 18.9. The van der Waals surface area contributed by atoms with E-state index in [0.717, 1.165) is 37.6 Å². The maximum Gasteiger partial charge on any atom is 0.251 e. The van der Waals surface area contributed by atoms with E-state index >= 15 is 0 Å². The van der Waals surface area contributed by atoms with Crippen molar-refractivity contribution < 1.29 is 4.79 Å². The minimum atomic E-state index is -0.0389.